The third-order valence-corrected chi connectivity index (χ3v) is 2.82. The largest absolute Gasteiger partial charge is 0.455 e. The summed E-state index contributed by atoms with van der Waals surface area (Å²) in [5, 5.41) is 0. The van der Waals surface area contributed by atoms with Gasteiger partial charge in [0.2, 0.25) is 0 Å². The molecule has 2 N–H and O–H groups in total. The minimum Gasteiger partial charge on any atom is -0.455 e. The molecule has 0 amide bonds. The molecule has 0 fully saturated rings. The van der Waals surface area contributed by atoms with Gasteiger partial charge in [0.15, 0.2) is 5.75 Å². The summed E-state index contributed by atoms with van der Waals surface area (Å²) in [7, 11) is 0. The van der Waals surface area contributed by atoms with Crippen LogP contribution in [0.25, 0.3) is 0 Å². The molecule has 2 aromatic rings. The normalized spacial score (nSPS) is 13.4. The number of ether oxygens (including phenoxy) is 2. The molecule has 1 aliphatic rings. The van der Waals surface area contributed by atoms with Crippen LogP contribution >= 0.6 is 0 Å². The van der Waals surface area contributed by atoms with Crippen LogP contribution in [0.15, 0.2) is 42.5 Å². The smallest absolute Gasteiger partial charge is 0.150 e. The first-order chi connectivity index (χ1) is 8.33. The van der Waals surface area contributed by atoms with Gasteiger partial charge in [-0.3, -0.25) is 0 Å². The van der Waals surface area contributed by atoms with Crippen molar-refractivity contribution in [2.24, 2.45) is 0 Å². The summed E-state index contributed by atoms with van der Waals surface area (Å²) < 4.78 is 11.1. The van der Waals surface area contributed by atoms with Gasteiger partial charge in [0.05, 0.1) is 18.9 Å². The highest BCUT2D eigenvalue weighted by atomic mass is 16.5. The number of rotatable bonds is 2. The maximum absolute atomic E-state index is 5.96. The number of hydrogen-bond acceptors (Lipinski definition) is 3. The molecule has 0 saturated heterocycles. The molecule has 0 radical (unpaired) electrons. The summed E-state index contributed by atoms with van der Waals surface area (Å²) in [5.74, 6) is 1.48. The number of benzene rings is 2. The van der Waals surface area contributed by atoms with Crippen LogP contribution in [0.4, 0.5) is 5.69 Å². The highest BCUT2D eigenvalue weighted by Gasteiger charge is 2.14. The van der Waals surface area contributed by atoms with Crippen LogP contribution in [0.5, 0.6) is 11.5 Å². The number of fused-ring (bicyclic) bond motifs is 1. The lowest BCUT2D eigenvalue weighted by Gasteiger charge is -2.10. The molecular weight excluding hydrogens is 214 g/mol. The van der Waals surface area contributed by atoms with E-state index in [2.05, 4.69) is 0 Å². The van der Waals surface area contributed by atoms with Crippen LogP contribution < -0.4 is 10.5 Å². The Morgan fingerprint density at radius 2 is 1.71 bits per heavy atom. The van der Waals surface area contributed by atoms with Crippen LogP contribution in [-0.4, -0.2) is 0 Å². The summed E-state index contributed by atoms with van der Waals surface area (Å²) in [6, 6.07) is 13.5. The molecular formula is C14H13NO2. The molecule has 1 heterocycles. The standard InChI is InChI=1S/C14H13NO2/c15-13-6-10-8-16-9-11(10)7-14(13)17-12-4-2-1-3-5-12/h1-7H,8-9,15H2. The first-order valence-corrected chi connectivity index (χ1v) is 5.55. The monoisotopic (exact) mass is 227 g/mol. The van der Waals surface area contributed by atoms with Crippen LogP contribution in [0.3, 0.4) is 0 Å². The summed E-state index contributed by atoms with van der Waals surface area (Å²) in [4.78, 5) is 0. The highest BCUT2D eigenvalue weighted by Crippen LogP contribution is 2.33. The van der Waals surface area contributed by atoms with E-state index < -0.39 is 0 Å². The van der Waals surface area contributed by atoms with Gasteiger partial charge in [0.1, 0.15) is 5.75 Å². The Hall–Kier alpha value is -2.00. The predicted molar refractivity (Wildman–Crippen MR) is 65.9 cm³/mol. The lowest BCUT2D eigenvalue weighted by Crippen LogP contribution is -1.95. The summed E-state index contributed by atoms with van der Waals surface area (Å²) >= 11 is 0. The molecule has 86 valence electrons. The van der Waals surface area contributed by atoms with E-state index in [1.54, 1.807) is 0 Å². The van der Waals surface area contributed by atoms with Crippen molar-refractivity contribution in [1.29, 1.82) is 0 Å². The third-order valence-electron chi connectivity index (χ3n) is 2.82. The van der Waals surface area contributed by atoms with Gasteiger partial charge in [-0.2, -0.15) is 0 Å². The van der Waals surface area contributed by atoms with Gasteiger partial charge in [0, 0.05) is 0 Å². The number of nitrogen functional groups attached to an aromatic ring is 1. The zero-order chi connectivity index (χ0) is 11.7. The molecule has 0 unspecified atom stereocenters. The fourth-order valence-corrected chi connectivity index (χ4v) is 1.93. The van der Waals surface area contributed by atoms with Crippen molar-refractivity contribution >= 4 is 5.69 Å². The lowest BCUT2D eigenvalue weighted by molar-refractivity contribution is 0.134. The summed E-state index contributed by atoms with van der Waals surface area (Å²) in [6.45, 7) is 1.28. The Morgan fingerprint density at radius 1 is 1.00 bits per heavy atom. The van der Waals surface area contributed by atoms with Gasteiger partial charge in [0.25, 0.3) is 0 Å². The molecule has 0 spiro atoms. The molecule has 2 aromatic carbocycles. The first kappa shape index (κ1) is 10.2. The second-order valence-corrected chi connectivity index (χ2v) is 4.07. The number of hydrogen-bond donors (Lipinski definition) is 1. The number of anilines is 1. The van der Waals surface area contributed by atoms with Crippen LogP contribution in [0.1, 0.15) is 11.1 Å². The number of nitrogens with two attached hydrogens (primary N) is 1. The van der Waals surface area contributed by atoms with E-state index in [9.17, 15) is 0 Å². The Balaban J connectivity index is 1.93. The minimum absolute atomic E-state index is 0.640. The average molecular weight is 227 g/mol. The van der Waals surface area contributed by atoms with Crippen molar-refractivity contribution in [3.05, 3.63) is 53.6 Å². The van der Waals surface area contributed by atoms with E-state index in [4.69, 9.17) is 15.2 Å². The Bertz CT molecular complexity index is 537. The molecule has 17 heavy (non-hydrogen) atoms. The topological polar surface area (TPSA) is 44.5 Å². The van der Waals surface area contributed by atoms with Crippen molar-refractivity contribution in [2.45, 2.75) is 13.2 Å². The average Bonchev–Trinajstić information content (AvgIpc) is 2.78. The van der Waals surface area contributed by atoms with Gasteiger partial charge in [-0.15, -0.1) is 0 Å². The van der Waals surface area contributed by atoms with Crippen LogP contribution in [0, 0.1) is 0 Å². The van der Waals surface area contributed by atoms with Gasteiger partial charge in [-0.25, -0.2) is 0 Å². The van der Waals surface area contributed by atoms with E-state index in [0.29, 0.717) is 24.7 Å². The maximum Gasteiger partial charge on any atom is 0.150 e. The predicted octanol–water partition coefficient (Wildman–Crippen LogP) is 3.09. The molecule has 0 aliphatic carbocycles. The van der Waals surface area contributed by atoms with E-state index in [1.807, 2.05) is 42.5 Å². The maximum atomic E-state index is 5.96. The first-order valence-electron chi connectivity index (χ1n) is 5.55. The van der Waals surface area contributed by atoms with Crippen molar-refractivity contribution < 1.29 is 9.47 Å². The number of para-hydroxylation sites is 1. The van der Waals surface area contributed by atoms with Crippen LogP contribution in [-0.2, 0) is 18.0 Å². The molecule has 0 bridgehead atoms. The molecule has 3 heteroatoms. The summed E-state index contributed by atoms with van der Waals surface area (Å²) in [5.41, 5.74) is 8.92. The van der Waals surface area contributed by atoms with Gasteiger partial charge in [-0.1, -0.05) is 18.2 Å². The second-order valence-electron chi connectivity index (χ2n) is 4.07. The fourth-order valence-electron chi connectivity index (χ4n) is 1.93. The molecule has 3 nitrogen and oxygen atoms in total. The zero-order valence-corrected chi connectivity index (χ0v) is 9.35. The van der Waals surface area contributed by atoms with Gasteiger partial charge in [-0.05, 0) is 35.4 Å². The van der Waals surface area contributed by atoms with Gasteiger partial charge < -0.3 is 15.2 Å². The van der Waals surface area contributed by atoms with Crippen molar-refractivity contribution in [1.82, 2.24) is 0 Å². The SMILES string of the molecule is Nc1cc2c(cc1Oc1ccccc1)COC2. The Kier molecular flexibility index (Phi) is 2.46. The van der Waals surface area contributed by atoms with E-state index in [-0.39, 0.29) is 0 Å². The molecule has 0 atom stereocenters. The minimum atomic E-state index is 0.640. The molecule has 1 aliphatic heterocycles. The van der Waals surface area contributed by atoms with Crippen molar-refractivity contribution in [2.75, 3.05) is 5.73 Å². The Morgan fingerprint density at radius 3 is 2.47 bits per heavy atom. The van der Waals surface area contributed by atoms with Gasteiger partial charge >= 0.3 is 0 Å². The molecule has 0 aromatic heterocycles. The molecule has 3 rings (SSSR count). The highest BCUT2D eigenvalue weighted by molar-refractivity contribution is 5.58. The fraction of sp³-hybridized carbons (Fsp3) is 0.143. The Labute approximate surface area is 99.8 Å². The van der Waals surface area contributed by atoms with Crippen LogP contribution in [0.2, 0.25) is 0 Å². The van der Waals surface area contributed by atoms with E-state index >= 15 is 0 Å². The molecule has 0 saturated carbocycles. The van der Waals surface area contributed by atoms with E-state index in [1.165, 1.54) is 0 Å². The van der Waals surface area contributed by atoms with Crippen molar-refractivity contribution in [3.63, 3.8) is 0 Å². The lowest BCUT2D eigenvalue weighted by atomic mass is 10.1. The van der Waals surface area contributed by atoms with E-state index in [0.717, 1.165) is 16.9 Å². The third kappa shape index (κ3) is 1.97. The van der Waals surface area contributed by atoms with Crippen molar-refractivity contribution in [3.8, 4) is 11.5 Å². The zero-order valence-electron chi connectivity index (χ0n) is 9.35. The second kappa shape index (κ2) is 4.11. The summed E-state index contributed by atoms with van der Waals surface area (Å²) in [6.07, 6.45) is 0. The quantitative estimate of drug-likeness (QED) is 0.802.